The van der Waals surface area contributed by atoms with Gasteiger partial charge in [0.1, 0.15) is 0 Å². The average molecular weight is 213 g/mol. The molecule has 0 heterocycles. The Labute approximate surface area is 96.5 Å². The van der Waals surface area contributed by atoms with E-state index >= 15 is 0 Å². The SMILES string of the molecule is CC(C#N)CN(C)Cc1ccccc1C#N. The molecule has 0 bridgehead atoms. The van der Waals surface area contributed by atoms with E-state index in [4.69, 9.17) is 10.5 Å². The van der Waals surface area contributed by atoms with E-state index in [1.165, 1.54) is 0 Å². The summed E-state index contributed by atoms with van der Waals surface area (Å²) < 4.78 is 0. The van der Waals surface area contributed by atoms with Gasteiger partial charge in [-0.1, -0.05) is 18.2 Å². The molecule has 82 valence electrons. The van der Waals surface area contributed by atoms with E-state index < -0.39 is 0 Å². The Hall–Kier alpha value is -1.84. The third-order valence-corrected chi connectivity index (χ3v) is 2.38. The number of nitriles is 2. The predicted molar refractivity (Wildman–Crippen MR) is 62.3 cm³/mol. The van der Waals surface area contributed by atoms with Gasteiger partial charge in [-0.3, -0.25) is 0 Å². The van der Waals surface area contributed by atoms with Crippen molar-refractivity contribution in [2.75, 3.05) is 13.6 Å². The highest BCUT2D eigenvalue weighted by Gasteiger charge is 2.08. The van der Waals surface area contributed by atoms with Crippen LogP contribution in [0.2, 0.25) is 0 Å². The van der Waals surface area contributed by atoms with Crippen LogP contribution in [0.15, 0.2) is 24.3 Å². The fraction of sp³-hybridized carbons (Fsp3) is 0.385. The number of rotatable bonds is 4. The zero-order valence-corrected chi connectivity index (χ0v) is 9.64. The van der Waals surface area contributed by atoms with E-state index in [9.17, 15) is 0 Å². The van der Waals surface area contributed by atoms with Crippen LogP contribution in [0.25, 0.3) is 0 Å². The van der Waals surface area contributed by atoms with Crippen molar-refractivity contribution < 1.29 is 0 Å². The maximum absolute atomic E-state index is 8.94. The Bertz CT molecular complexity index is 426. The molecule has 0 spiro atoms. The Morgan fingerprint density at radius 2 is 2.00 bits per heavy atom. The van der Waals surface area contributed by atoms with Gasteiger partial charge in [-0.2, -0.15) is 10.5 Å². The number of hydrogen-bond donors (Lipinski definition) is 0. The fourth-order valence-corrected chi connectivity index (χ4v) is 1.63. The van der Waals surface area contributed by atoms with Crippen LogP contribution in [-0.4, -0.2) is 18.5 Å². The third kappa shape index (κ3) is 3.38. The Balaban J connectivity index is 2.67. The van der Waals surface area contributed by atoms with E-state index in [2.05, 4.69) is 17.0 Å². The van der Waals surface area contributed by atoms with Gasteiger partial charge < -0.3 is 4.90 Å². The lowest BCUT2D eigenvalue weighted by atomic mass is 10.1. The van der Waals surface area contributed by atoms with Crippen LogP contribution in [0.3, 0.4) is 0 Å². The Kier molecular flexibility index (Phi) is 4.51. The first-order valence-corrected chi connectivity index (χ1v) is 5.23. The molecular formula is C13H15N3. The fourth-order valence-electron chi connectivity index (χ4n) is 1.63. The van der Waals surface area contributed by atoms with Crippen molar-refractivity contribution >= 4 is 0 Å². The largest absolute Gasteiger partial charge is 0.301 e. The number of hydrogen-bond acceptors (Lipinski definition) is 3. The summed E-state index contributed by atoms with van der Waals surface area (Å²) in [6, 6.07) is 11.9. The predicted octanol–water partition coefficient (Wildman–Crippen LogP) is 2.15. The van der Waals surface area contributed by atoms with E-state index in [0.29, 0.717) is 12.1 Å². The van der Waals surface area contributed by atoms with E-state index in [1.807, 2.05) is 38.2 Å². The van der Waals surface area contributed by atoms with E-state index in [0.717, 1.165) is 12.1 Å². The maximum atomic E-state index is 8.94. The molecule has 3 nitrogen and oxygen atoms in total. The van der Waals surface area contributed by atoms with Crippen LogP contribution in [0.5, 0.6) is 0 Å². The minimum absolute atomic E-state index is 0.0132. The van der Waals surface area contributed by atoms with Gasteiger partial charge in [-0.05, 0) is 25.6 Å². The van der Waals surface area contributed by atoms with Crippen LogP contribution in [0.4, 0.5) is 0 Å². The van der Waals surface area contributed by atoms with E-state index in [-0.39, 0.29) is 5.92 Å². The molecule has 1 aromatic carbocycles. The lowest BCUT2D eigenvalue weighted by Gasteiger charge is -2.18. The van der Waals surface area contributed by atoms with Gasteiger partial charge >= 0.3 is 0 Å². The lowest BCUT2D eigenvalue weighted by molar-refractivity contribution is 0.303. The molecule has 1 atom stereocenters. The molecule has 0 aliphatic heterocycles. The van der Waals surface area contributed by atoms with Crippen molar-refractivity contribution in [3.8, 4) is 12.1 Å². The van der Waals surface area contributed by atoms with Gasteiger partial charge in [-0.15, -0.1) is 0 Å². The van der Waals surface area contributed by atoms with Crippen LogP contribution in [0.1, 0.15) is 18.1 Å². The molecule has 3 heteroatoms. The van der Waals surface area contributed by atoms with Crippen molar-refractivity contribution in [3.63, 3.8) is 0 Å². The standard InChI is InChI=1S/C13H15N3/c1-11(7-14)9-16(2)10-13-6-4-3-5-12(13)8-15/h3-6,11H,9-10H2,1-2H3. The molecule has 1 aromatic rings. The highest BCUT2D eigenvalue weighted by molar-refractivity contribution is 5.37. The molecule has 1 rings (SSSR count). The van der Waals surface area contributed by atoms with Crippen LogP contribution in [0, 0.1) is 28.6 Å². The molecule has 0 saturated heterocycles. The van der Waals surface area contributed by atoms with Crippen molar-refractivity contribution in [2.24, 2.45) is 5.92 Å². The van der Waals surface area contributed by atoms with Crippen LogP contribution < -0.4 is 0 Å². The topological polar surface area (TPSA) is 50.8 Å². The molecule has 0 aromatic heterocycles. The molecular weight excluding hydrogens is 198 g/mol. The molecule has 0 aliphatic rings. The summed E-state index contributed by atoms with van der Waals surface area (Å²) in [6.07, 6.45) is 0. The summed E-state index contributed by atoms with van der Waals surface area (Å²) in [6.45, 7) is 3.32. The summed E-state index contributed by atoms with van der Waals surface area (Å²) in [4.78, 5) is 2.06. The van der Waals surface area contributed by atoms with Gasteiger partial charge in [-0.25, -0.2) is 0 Å². The van der Waals surface area contributed by atoms with Gasteiger partial charge in [0.15, 0.2) is 0 Å². The molecule has 0 N–H and O–H groups in total. The van der Waals surface area contributed by atoms with Crippen LogP contribution >= 0.6 is 0 Å². The monoisotopic (exact) mass is 213 g/mol. The minimum Gasteiger partial charge on any atom is -0.301 e. The van der Waals surface area contributed by atoms with Crippen molar-refractivity contribution in [3.05, 3.63) is 35.4 Å². The second-order valence-corrected chi connectivity index (χ2v) is 4.00. The molecule has 0 radical (unpaired) electrons. The molecule has 0 amide bonds. The lowest BCUT2D eigenvalue weighted by Crippen LogP contribution is -2.23. The number of nitrogens with zero attached hydrogens (tertiary/aromatic N) is 3. The molecule has 0 fully saturated rings. The highest BCUT2D eigenvalue weighted by Crippen LogP contribution is 2.10. The molecule has 0 aliphatic carbocycles. The molecule has 1 unspecified atom stereocenters. The normalized spacial score (nSPS) is 11.8. The highest BCUT2D eigenvalue weighted by atomic mass is 15.1. The summed E-state index contributed by atoms with van der Waals surface area (Å²) in [5.74, 6) is 0.0132. The van der Waals surface area contributed by atoms with Crippen molar-refractivity contribution in [1.29, 1.82) is 10.5 Å². The first-order chi connectivity index (χ1) is 7.67. The van der Waals surface area contributed by atoms with Crippen LogP contribution in [-0.2, 0) is 6.54 Å². The van der Waals surface area contributed by atoms with Crippen molar-refractivity contribution in [1.82, 2.24) is 4.90 Å². The summed E-state index contributed by atoms with van der Waals surface area (Å²) in [5, 5.41) is 17.7. The summed E-state index contributed by atoms with van der Waals surface area (Å²) in [7, 11) is 1.96. The minimum atomic E-state index is 0.0132. The Morgan fingerprint density at radius 1 is 1.31 bits per heavy atom. The molecule has 0 saturated carbocycles. The Morgan fingerprint density at radius 3 is 2.62 bits per heavy atom. The third-order valence-electron chi connectivity index (χ3n) is 2.38. The smallest absolute Gasteiger partial charge is 0.0995 e. The average Bonchev–Trinajstić information content (AvgIpc) is 2.29. The van der Waals surface area contributed by atoms with Gasteiger partial charge in [0.25, 0.3) is 0 Å². The van der Waals surface area contributed by atoms with Crippen molar-refractivity contribution in [2.45, 2.75) is 13.5 Å². The molecule has 16 heavy (non-hydrogen) atoms. The van der Waals surface area contributed by atoms with Gasteiger partial charge in [0, 0.05) is 13.1 Å². The van der Waals surface area contributed by atoms with E-state index in [1.54, 1.807) is 0 Å². The first kappa shape index (κ1) is 12.2. The second kappa shape index (κ2) is 5.90. The second-order valence-electron chi connectivity index (χ2n) is 4.00. The zero-order valence-electron chi connectivity index (χ0n) is 9.64. The van der Waals surface area contributed by atoms with Gasteiger partial charge in [0.05, 0.1) is 23.6 Å². The number of benzene rings is 1. The maximum Gasteiger partial charge on any atom is 0.0995 e. The first-order valence-electron chi connectivity index (χ1n) is 5.23. The summed E-state index contributed by atoms with van der Waals surface area (Å²) >= 11 is 0. The zero-order chi connectivity index (χ0) is 12.0. The van der Waals surface area contributed by atoms with Gasteiger partial charge in [0.2, 0.25) is 0 Å². The summed E-state index contributed by atoms with van der Waals surface area (Å²) in [5.41, 5.74) is 1.72. The quantitative estimate of drug-likeness (QED) is 0.770.